The molecule has 0 saturated carbocycles. The van der Waals surface area contributed by atoms with Crippen LogP contribution in [0.2, 0.25) is 0 Å². The summed E-state index contributed by atoms with van der Waals surface area (Å²) in [6.45, 7) is 0.284. The van der Waals surface area contributed by atoms with Crippen molar-refractivity contribution >= 4 is 21.4 Å². The number of sulfonamides is 1. The van der Waals surface area contributed by atoms with Gasteiger partial charge in [0.1, 0.15) is 6.10 Å². The Kier molecular flexibility index (Phi) is 4.07. The average Bonchev–Trinajstić information content (AvgIpc) is 2.94. The lowest BCUT2D eigenvalue weighted by Crippen LogP contribution is -2.55. The van der Waals surface area contributed by atoms with Gasteiger partial charge in [0.05, 0.1) is 23.5 Å². The van der Waals surface area contributed by atoms with Gasteiger partial charge in [-0.15, -0.1) is 0 Å². The molecule has 10 heteroatoms. The maximum atomic E-state index is 12.5. The molecule has 1 aromatic heterocycles. The maximum Gasteiger partial charge on any atom is 0.416 e. The van der Waals surface area contributed by atoms with Crippen LogP contribution in [-0.4, -0.2) is 36.9 Å². The van der Waals surface area contributed by atoms with E-state index in [0.717, 1.165) is 28.6 Å². The first-order valence-corrected chi connectivity index (χ1v) is 8.82. The number of benzene rings is 1. The van der Waals surface area contributed by atoms with Gasteiger partial charge in [-0.2, -0.15) is 17.5 Å². The van der Waals surface area contributed by atoms with Crippen LogP contribution in [0.15, 0.2) is 40.7 Å². The fraction of sp³-hybridized carbons (Fsp3) is 0.308. The number of hydrogen-bond acceptors (Lipinski definition) is 5. The van der Waals surface area contributed by atoms with Gasteiger partial charge in [0.25, 0.3) is 5.19 Å². The highest BCUT2D eigenvalue weighted by Crippen LogP contribution is 2.31. The zero-order valence-electron chi connectivity index (χ0n) is 11.5. The third kappa shape index (κ3) is 3.33. The maximum absolute atomic E-state index is 12.5. The predicted molar refractivity (Wildman–Crippen MR) is 76.7 cm³/mol. The molecule has 1 saturated heterocycles. The van der Waals surface area contributed by atoms with E-state index < -0.39 is 21.8 Å². The summed E-state index contributed by atoms with van der Waals surface area (Å²) in [6.07, 6.45) is -3.22. The summed E-state index contributed by atoms with van der Waals surface area (Å²) in [4.78, 5) is 3.77. The van der Waals surface area contributed by atoms with E-state index in [2.05, 4.69) is 4.98 Å². The van der Waals surface area contributed by atoms with E-state index in [9.17, 15) is 21.6 Å². The van der Waals surface area contributed by atoms with E-state index in [-0.39, 0.29) is 24.1 Å². The van der Waals surface area contributed by atoms with Gasteiger partial charge in [-0.25, -0.2) is 13.4 Å². The smallest absolute Gasteiger partial charge is 0.416 e. The van der Waals surface area contributed by atoms with Gasteiger partial charge in [0.2, 0.25) is 10.0 Å². The standard InChI is InChI=1S/C13H11F3N2O3S2/c14-13(15,16)9-1-3-11(4-2-9)23(19,20)18-7-10(8-18)21-12-17-5-6-22-12/h1-6,10H,7-8H2. The highest BCUT2D eigenvalue weighted by Gasteiger charge is 2.39. The van der Waals surface area contributed by atoms with Crippen LogP contribution in [0.1, 0.15) is 5.56 Å². The molecule has 2 heterocycles. The molecule has 0 spiro atoms. The van der Waals surface area contributed by atoms with Gasteiger partial charge in [-0.05, 0) is 24.3 Å². The molecule has 3 rings (SSSR count). The van der Waals surface area contributed by atoms with Crippen LogP contribution in [-0.2, 0) is 16.2 Å². The second-order valence-corrected chi connectivity index (χ2v) is 7.68. The van der Waals surface area contributed by atoms with Gasteiger partial charge in [0.15, 0.2) is 0 Å². The van der Waals surface area contributed by atoms with Crippen molar-refractivity contribution in [2.45, 2.75) is 17.2 Å². The fourth-order valence-electron chi connectivity index (χ4n) is 2.05. The Hall–Kier alpha value is -1.65. The Morgan fingerprint density at radius 3 is 2.39 bits per heavy atom. The summed E-state index contributed by atoms with van der Waals surface area (Å²) in [5, 5.41) is 2.20. The lowest BCUT2D eigenvalue weighted by molar-refractivity contribution is -0.137. The highest BCUT2D eigenvalue weighted by molar-refractivity contribution is 7.89. The fourth-order valence-corrected chi connectivity index (χ4v) is 4.10. The Bertz CT molecular complexity index is 768. The normalized spacial score (nSPS) is 17.0. The number of nitrogens with zero attached hydrogens (tertiary/aromatic N) is 2. The molecule has 124 valence electrons. The number of hydrogen-bond donors (Lipinski definition) is 0. The first-order chi connectivity index (χ1) is 10.8. The molecule has 0 aliphatic carbocycles. The minimum Gasteiger partial charge on any atom is -0.464 e. The van der Waals surface area contributed by atoms with Gasteiger partial charge >= 0.3 is 6.18 Å². The van der Waals surface area contributed by atoms with E-state index in [1.165, 1.54) is 11.3 Å². The van der Waals surface area contributed by atoms with Crippen molar-refractivity contribution in [2.75, 3.05) is 13.1 Å². The van der Waals surface area contributed by atoms with Crippen LogP contribution in [0.25, 0.3) is 0 Å². The molecule has 1 aliphatic rings. The second kappa shape index (κ2) is 5.77. The van der Waals surface area contributed by atoms with E-state index in [4.69, 9.17) is 4.74 Å². The van der Waals surface area contributed by atoms with Crippen LogP contribution in [0.4, 0.5) is 13.2 Å². The molecule has 1 aromatic carbocycles. The van der Waals surface area contributed by atoms with Crippen molar-refractivity contribution in [3.8, 4) is 5.19 Å². The van der Waals surface area contributed by atoms with Gasteiger partial charge in [0, 0.05) is 11.6 Å². The minimum atomic E-state index is -4.49. The Morgan fingerprint density at radius 2 is 1.87 bits per heavy atom. The Labute approximate surface area is 134 Å². The molecule has 0 bridgehead atoms. The number of thiazole rings is 1. The van der Waals surface area contributed by atoms with Crippen LogP contribution in [0, 0.1) is 0 Å². The Balaban J connectivity index is 1.66. The second-order valence-electron chi connectivity index (χ2n) is 4.88. The summed E-state index contributed by atoms with van der Waals surface area (Å²) < 4.78 is 68.7. The lowest BCUT2D eigenvalue weighted by atomic mass is 10.2. The van der Waals surface area contributed by atoms with Crippen molar-refractivity contribution in [3.05, 3.63) is 41.4 Å². The molecular formula is C13H11F3N2O3S2. The van der Waals surface area contributed by atoms with Crippen molar-refractivity contribution in [2.24, 2.45) is 0 Å². The first kappa shape index (κ1) is 16.2. The summed E-state index contributed by atoms with van der Waals surface area (Å²) in [5.41, 5.74) is -0.884. The van der Waals surface area contributed by atoms with Gasteiger partial charge in [-0.3, -0.25) is 0 Å². The molecule has 5 nitrogen and oxygen atoms in total. The monoisotopic (exact) mass is 364 g/mol. The van der Waals surface area contributed by atoms with Gasteiger partial charge < -0.3 is 4.74 Å². The van der Waals surface area contributed by atoms with Crippen molar-refractivity contribution < 1.29 is 26.3 Å². The SMILES string of the molecule is O=S(=O)(c1ccc(C(F)(F)F)cc1)N1CC(Oc2nccs2)C1. The molecule has 1 fully saturated rings. The number of halogens is 3. The van der Waals surface area contributed by atoms with E-state index in [1.54, 1.807) is 11.6 Å². The zero-order valence-corrected chi connectivity index (χ0v) is 13.2. The number of ether oxygens (including phenoxy) is 1. The highest BCUT2D eigenvalue weighted by atomic mass is 32.2. The quantitative estimate of drug-likeness (QED) is 0.837. The largest absolute Gasteiger partial charge is 0.464 e. The topological polar surface area (TPSA) is 59.5 Å². The molecule has 0 amide bonds. The molecule has 0 radical (unpaired) electrons. The molecule has 0 N–H and O–H groups in total. The number of alkyl halides is 3. The minimum absolute atomic E-state index is 0.142. The lowest BCUT2D eigenvalue weighted by Gasteiger charge is -2.37. The van der Waals surface area contributed by atoms with Crippen molar-refractivity contribution in [1.82, 2.24) is 9.29 Å². The van der Waals surface area contributed by atoms with Crippen molar-refractivity contribution in [1.29, 1.82) is 0 Å². The molecule has 2 aromatic rings. The Morgan fingerprint density at radius 1 is 1.22 bits per heavy atom. The van der Waals surface area contributed by atoms with Crippen LogP contribution in [0.5, 0.6) is 5.19 Å². The van der Waals surface area contributed by atoms with Crippen LogP contribution in [0.3, 0.4) is 0 Å². The predicted octanol–water partition coefficient (Wildman–Crippen LogP) is 2.61. The van der Waals surface area contributed by atoms with Gasteiger partial charge in [-0.1, -0.05) is 11.3 Å². The summed E-state index contributed by atoms with van der Waals surface area (Å²) in [6, 6.07) is 3.45. The number of aromatic nitrogens is 1. The van der Waals surface area contributed by atoms with Crippen LogP contribution < -0.4 is 4.74 Å². The summed E-state index contributed by atoms with van der Waals surface area (Å²) in [5.74, 6) is 0. The molecule has 0 unspecified atom stereocenters. The molecule has 1 aliphatic heterocycles. The third-order valence-corrected chi connectivity index (χ3v) is 5.82. The molecule has 0 atom stereocenters. The first-order valence-electron chi connectivity index (χ1n) is 6.50. The number of rotatable bonds is 4. The van der Waals surface area contributed by atoms with E-state index in [0.29, 0.717) is 5.19 Å². The molecule has 23 heavy (non-hydrogen) atoms. The average molecular weight is 364 g/mol. The van der Waals surface area contributed by atoms with E-state index >= 15 is 0 Å². The van der Waals surface area contributed by atoms with E-state index in [1.807, 2.05) is 0 Å². The summed E-state index contributed by atoms with van der Waals surface area (Å²) in [7, 11) is -3.81. The van der Waals surface area contributed by atoms with Crippen LogP contribution >= 0.6 is 11.3 Å². The summed E-state index contributed by atoms with van der Waals surface area (Å²) >= 11 is 1.30. The molecular weight excluding hydrogens is 353 g/mol. The zero-order chi connectivity index (χ0) is 16.7. The van der Waals surface area contributed by atoms with Crippen molar-refractivity contribution in [3.63, 3.8) is 0 Å². The third-order valence-electron chi connectivity index (χ3n) is 3.31.